The van der Waals surface area contributed by atoms with Gasteiger partial charge in [-0.1, -0.05) is 53.5 Å². The number of carbonyl (C=O) groups is 2. The van der Waals surface area contributed by atoms with Crippen molar-refractivity contribution in [3.8, 4) is 28.3 Å². The molecule has 3 atom stereocenters. The Morgan fingerprint density at radius 1 is 1.09 bits per heavy atom. The van der Waals surface area contributed by atoms with Crippen LogP contribution >= 0.6 is 23.2 Å². The molecule has 232 valence electrons. The van der Waals surface area contributed by atoms with Gasteiger partial charge in [0.2, 0.25) is 11.8 Å². The van der Waals surface area contributed by atoms with Crippen molar-refractivity contribution in [3.05, 3.63) is 91.8 Å². The Kier molecular flexibility index (Phi) is 8.61. The number of amides is 2. The summed E-state index contributed by atoms with van der Waals surface area (Å²) in [7, 11) is 3.00. The first-order valence-electron chi connectivity index (χ1n) is 14.3. The minimum Gasteiger partial charge on any atom is -0.481 e. The SMILES string of the molecule is COc1nc(-c2cccc(-c3cccc(NC(=O)c4ccnn(C)c4=O)c3Cl)c2Cl)cc2c1[C@@H](NC[C@@H]1CNC(=O)C1)[C@@H](O)C2. The van der Waals surface area contributed by atoms with Crippen LogP contribution in [0, 0.1) is 5.92 Å². The second kappa shape index (κ2) is 12.6. The fraction of sp³-hybridized carbons (Fsp3) is 0.281. The average molecular weight is 650 g/mol. The number of methoxy groups -OCH3 is 1. The van der Waals surface area contributed by atoms with Gasteiger partial charge in [-0.3, -0.25) is 14.4 Å². The fourth-order valence-corrected chi connectivity index (χ4v) is 6.50. The van der Waals surface area contributed by atoms with E-state index in [-0.39, 0.29) is 22.4 Å². The number of aliphatic hydroxyl groups excluding tert-OH is 1. The lowest BCUT2D eigenvalue weighted by atomic mass is 9.99. The van der Waals surface area contributed by atoms with E-state index in [1.165, 1.54) is 26.4 Å². The van der Waals surface area contributed by atoms with Crippen molar-refractivity contribution in [1.29, 1.82) is 0 Å². The molecule has 2 aliphatic rings. The molecule has 1 saturated heterocycles. The molecule has 2 aromatic carbocycles. The lowest BCUT2D eigenvalue weighted by molar-refractivity contribution is -0.119. The number of aliphatic hydroxyl groups is 1. The quantitative estimate of drug-likeness (QED) is 0.226. The molecule has 0 bridgehead atoms. The van der Waals surface area contributed by atoms with Gasteiger partial charge in [-0.15, -0.1) is 0 Å². The van der Waals surface area contributed by atoms with E-state index in [0.29, 0.717) is 64.9 Å². The standard InChI is InChI=1S/C32H30Cl2N6O5/c1-40-32(44)21(9-10-37-40)30(43)38-22-8-4-6-19(28(22)34)18-5-3-7-20(27(18)33)23-12-17-13-24(41)29(26(17)31(39-23)45-2)36-15-16-11-25(42)35-14-16/h3-10,12,16,24,29,36,41H,11,13-15H2,1-2H3,(H,35,42)(H,38,43)/t16-,24-,29-/m0/s1. The Balaban J connectivity index is 1.30. The second-order valence-corrected chi connectivity index (χ2v) is 11.8. The second-order valence-electron chi connectivity index (χ2n) is 11.1. The van der Waals surface area contributed by atoms with E-state index in [4.69, 9.17) is 32.9 Å². The van der Waals surface area contributed by atoms with Gasteiger partial charge in [0.15, 0.2) is 0 Å². The highest BCUT2D eigenvalue weighted by Gasteiger charge is 2.36. The number of benzene rings is 2. The molecule has 2 aromatic heterocycles. The van der Waals surface area contributed by atoms with Crippen LogP contribution in [0.2, 0.25) is 10.0 Å². The van der Waals surface area contributed by atoms with E-state index in [0.717, 1.165) is 15.8 Å². The number of anilines is 1. The third kappa shape index (κ3) is 5.91. The first kappa shape index (κ1) is 30.7. The summed E-state index contributed by atoms with van der Waals surface area (Å²) in [5, 5.41) is 24.4. The Bertz CT molecular complexity index is 1880. The summed E-state index contributed by atoms with van der Waals surface area (Å²) in [5.74, 6) is -0.0551. The number of fused-ring (bicyclic) bond motifs is 1. The normalized spacial score (nSPS) is 18.9. The molecule has 13 heteroatoms. The molecule has 6 rings (SSSR count). The molecule has 2 amide bonds. The van der Waals surface area contributed by atoms with Crippen LogP contribution in [0.15, 0.2) is 59.5 Å². The smallest absolute Gasteiger partial charge is 0.279 e. The number of aromatic nitrogens is 3. The van der Waals surface area contributed by atoms with Crippen molar-refractivity contribution in [2.45, 2.75) is 25.0 Å². The lowest BCUT2D eigenvalue weighted by Crippen LogP contribution is -2.33. The number of carbonyl (C=O) groups excluding carboxylic acids is 2. The van der Waals surface area contributed by atoms with Crippen LogP contribution < -0.4 is 26.2 Å². The number of nitrogens with zero attached hydrogens (tertiary/aromatic N) is 3. The zero-order valence-electron chi connectivity index (χ0n) is 24.4. The van der Waals surface area contributed by atoms with Crippen molar-refractivity contribution in [2.75, 3.05) is 25.5 Å². The van der Waals surface area contributed by atoms with Gasteiger partial charge in [-0.2, -0.15) is 5.10 Å². The third-order valence-corrected chi connectivity index (χ3v) is 8.99. The van der Waals surface area contributed by atoms with Crippen LogP contribution in [0.3, 0.4) is 0 Å². The average Bonchev–Trinajstić information content (AvgIpc) is 3.59. The van der Waals surface area contributed by atoms with Gasteiger partial charge < -0.3 is 25.8 Å². The molecule has 0 unspecified atom stereocenters. The maximum Gasteiger partial charge on any atom is 0.279 e. The summed E-state index contributed by atoms with van der Waals surface area (Å²) >= 11 is 13.8. The fourth-order valence-electron chi connectivity index (χ4n) is 5.90. The molecule has 4 aromatic rings. The molecule has 4 N–H and O–H groups in total. The van der Waals surface area contributed by atoms with E-state index in [1.807, 2.05) is 24.3 Å². The Morgan fingerprint density at radius 3 is 2.56 bits per heavy atom. The van der Waals surface area contributed by atoms with Crippen molar-refractivity contribution < 1.29 is 19.4 Å². The van der Waals surface area contributed by atoms with Gasteiger partial charge in [-0.05, 0) is 29.7 Å². The van der Waals surface area contributed by atoms with Crippen LogP contribution in [0.5, 0.6) is 5.88 Å². The highest BCUT2D eigenvalue weighted by molar-refractivity contribution is 6.39. The Labute approximate surface area is 268 Å². The highest BCUT2D eigenvalue weighted by Crippen LogP contribution is 2.44. The number of pyridine rings is 1. The minimum atomic E-state index is -0.693. The minimum absolute atomic E-state index is 0.0342. The van der Waals surface area contributed by atoms with E-state index < -0.39 is 23.6 Å². The summed E-state index contributed by atoms with van der Waals surface area (Å²) in [6.07, 6.45) is 1.53. The molecule has 0 radical (unpaired) electrons. The van der Waals surface area contributed by atoms with Gasteiger partial charge in [0, 0.05) is 61.4 Å². The molecular weight excluding hydrogens is 619 g/mol. The maximum atomic E-state index is 12.9. The predicted molar refractivity (Wildman–Crippen MR) is 171 cm³/mol. The van der Waals surface area contributed by atoms with Crippen LogP contribution in [0.25, 0.3) is 22.4 Å². The summed E-state index contributed by atoms with van der Waals surface area (Å²) < 4.78 is 6.78. The number of nitrogens with one attached hydrogen (secondary N) is 3. The molecule has 1 aliphatic carbocycles. The van der Waals surface area contributed by atoms with Gasteiger partial charge in [0.05, 0.1) is 40.7 Å². The van der Waals surface area contributed by atoms with Gasteiger partial charge in [0.1, 0.15) is 5.56 Å². The summed E-state index contributed by atoms with van der Waals surface area (Å²) in [5.41, 5.74) is 3.73. The first-order valence-corrected chi connectivity index (χ1v) is 15.1. The molecule has 1 fully saturated rings. The number of hydrogen-bond acceptors (Lipinski definition) is 8. The zero-order valence-corrected chi connectivity index (χ0v) is 25.9. The number of hydrogen-bond donors (Lipinski definition) is 4. The Hall–Kier alpha value is -4.29. The molecule has 3 heterocycles. The van der Waals surface area contributed by atoms with Crippen molar-refractivity contribution in [2.24, 2.45) is 13.0 Å². The van der Waals surface area contributed by atoms with Crippen LogP contribution in [-0.4, -0.2) is 58.0 Å². The van der Waals surface area contributed by atoms with Gasteiger partial charge in [0.25, 0.3) is 11.5 Å². The largest absolute Gasteiger partial charge is 0.481 e. The zero-order chi connectivity index (χ0) is 31.8. The predicted octanol–water partition coefficient (Wildman–Crippen LogP) is 3.76. The molecule has 11 nitrogen and oxygen atoms in total. The van der Waals surface area contributed by atoms with Crippen LogP contribution in [-0.2, 0) is 18.3 Å². The topological polar surface area (TPSA) is 147 Å². The Morgan fingerprint density at radius 2 is 1.82 bits per heavy atom. The van der Waals surface area contributed by atoms with Crippen molar-refractivity contribution in [3.63, 3.8) is 0 Å². The summed E-state index contributed by atoms with van der Waals surface area (Å²) in [6.45, 7) is 1.17. The number of rotatable bonds is 8. The molecular formula is C32H30Cl2N6O5. The number of ether oxygens (including phenoxy) is 1. The molecule has 0 spiro atoms. The number of aryl methyl sites for hydroxylation is 1. The van der Waals surface area contributed by atoms with Crippen molar-refractivity contribution in [1.82, 2.24) is 25.4 Å². The van der Waals surface area contributed by atoms with Crippen LogP contribution in [0.1, 0.15) is 33.9 Å². The van der Waals surface area contributed by atoms with Crippen molar-refractivity contribution >= 4 is 40.7 Å². The van der Waals surface area contributed by atoms with Gasteiger partial charge >= 0.3 is 0 Å². The lowest BCUT2D eigenvalue weighted by Gasteiger charge is -2.21. The van der Waals surface area contributed by atoms with E-state index in [2.05, 4.69) is 21.0 Å². The van der Waals surface area contributed by atoms with E-state index >= 15 is 0 Å². The van der Waals surface area contributed by atoms with Gasteiger partial charge in [-0.25, -0.2) is 9.67 Å². The van der Waals surface area contributed by atoms with Crippen LogP contribution in [0.4, 0.5) is 5.69 Å². The summed E-state index contributed by atoms with van der Waals surface area (Å²) in [4.78, 5) is 41.7. The highest BCUT2D eigenvalue weighted by atomic mass is 35.5. The number of halogens is 2. The molecule has 1 aliphatic heterocycles. The summed E-state index contributed by atoms with van der Waals surface area (Å²) in [6, 6.07) is 13.5. The van der Waals surface area contributed by atoms with E-state index in [1.54, 1.807) is 18.2 Å². The maximum absolute atomic E-state index is 12.9. The molecule has 0 saturated carbocycles. The monoisotopic (exact) mass is 648 g/mol. The van der Waals surface area contributed by atoms with E-state index in [9.17, 15) is 19.5 Å². The first-order chi connectivity index (χ1) is 21.7. The molecule has 45 heavy (non-hydrogen) atoms. The third-order valence-electron chi connectivity index (χ3n) is 8.18.